The van der Waals surface area contributed by atoms with Crippen LogP contribution < -0.4 is 0 Å². The molecule has 94 valence electrons. The van der Waals surface area contributed by atoms with E-state index >= 15 is 0 Å². The van der Waals surface area contributed by atoms with Crippen molar-refractivity contribution in [1.29, 1.82) is 0 Å². The highest BCUT2D eigenvalue weighted by atomic mass is 28.3. The Morgan fingerprint density at radius 3 is 2.12 bits per heavy atom. The molecule has 0 unspecified atom stereocenters. The molecule has 0 heterocycles. The Bertz CT molecular complexity index is 338. The van der Waals surface area contributed by atoms with Crippen LogP contribution in [0.25, 0.3) is 0 Å². The van der Waals surface area contributed by atoms with Gasteiger partial charge in [-0.1, -0.05) is 58.0 Å². The number of rotatable bonds is 5. The van der Waals surface area contributed by atoms with Crippen LogP contribution in [0.3, 0.4) is 0 Å². The Kier molecular flexibility index (Phi) is 5.42. The molecule has 0 N–H and O–H groups in total. The highest BCUT2D eigenvalue weighted by molar-refractivity contribution is 6.56. The molecule has 0 aromatic heterocycles. The van der Waals surface area contributed by atoms with Crippen LogP contribution in [0.2, 0.25) is 11.1 Å². The number of hydrogen-bond donors (Lipinski definition) is 0. The molecule has 0 spiro atoms. The van der Waals surface area contributed by atoms with E-state index in [0.29, 0.717) is 17.5 Å². The first-order valence-corrected chi connectivity index (χ1v) is 8.04. The number of carbonyl (C=O) groups excluding carboxylic acids is 1. The molecule has 0 saturated heterocycles. The van der Waals surface area contributed by atoms with Gasteiger partial charge in [0.25, 0.3) is 5.97 Å². The molecule has 17 heavy (non-hydrogen) atoms. The fourth-order valence-corrected chi connectivity index (χ4v) is 4.47. The van der Waals surface area contributed by atoms with Crippen molar-refractivity contribution in [3.05, 3.63) is 35.9 Å². The third-order valence-corrected chi connectivity index (χ3v) is 5.94. The van der Waals surface area contributed by atoms with Gasteiger partial charge in [-0.05, 0) is 16.6 Å². The molecule has 0 fully saturated rings. The Balaban J connectivity index is 2.54. The molecule has 1 aromatic rings. The Morgan fingerprint density at radius 2 is 1.65 bits per heavy atom. The van der Waals surface area contributed by atoms with Gasteiger partial charge in [0.15, 0.2) is 0 Å². The largest absolute Gasteiger partial charge is 0.521 e. The van der Waals surface area contributed by atoms with Gasteiger partial charge in [-0.25, -0.2) is 0 Å². The molecule has 1 rings (SSSR count). The normalized spacial score (nSPS) is 11.2. The second-order valence-electron chi connectivity index (χ2n) is 5.10. The molecule has 1 aromatic carbocycles. The summed E-state index contributed by atoms with van der Waals surface area (Å²) >= 11 is 0. The van der Waals surface area contributed by atoms with Crippen LogP contribution in [-0.2, 0) is 15.6 Å². The van der Waals surface area contributed by atoms with Crippen LogP contribution in [-0.4, -0.2) is 15.0 Å². The molecule has 0 aliphatic heterocycles. The van der Waals surface area contributed by atoms with Crippen LogP contribution in [0.15, 0.2) is 30.3 Å². The summed E-state index contributed by atoms with van der Waals surface area (Å²) in [4.78, 5) is 11.8. The lowest BCUT2D eigenvalue weighted by Gasteiger charge is -2.23. The highest BCUT2D eigenvalue weighted by Crippen LogP contribution is 2.21. The zero-order valence-corrected chi connectivity index (χ0v) is 12.3. The van der Waals surface area contributed by atoms with Crippen molar-refractivity contribution < 1.29 is 9.22 Å². The monoisotopic (exact) mass is 250 g/mol. The van der Waals surface area contributed by atoms with Crippen LogP contribution in [0, 0.1) is 0 Å². The van der Waals surface area contributed by atoms with E-state index in [2.05, 4.69) is 27.7 Å². The third-order valence-electron chi connectivity index (χ3n) is 2.77. The predicted molar refractivity (Wildman–Crippen MR) is 73.6 cm³/mol. The maximum Gasteiger partial charge on any atom is 0.296 e. The van der Waals surface area contributed by atoms with Gasteiger partial charge in [0.1, 0.15) is 0 Å². The highest BCUT2D eigenvalue weighted by Gasteiger charge is 2.24. The van der Waals surface area contributed by atoms with Crippen molar-refractivity contribution in [2.45, 2.75) is 45.2 Å². The van der Waals surface area contributed by atoms with Crippen molar-refractivity contribution in [3.63, 3.8) is 0 Å². The van der Waals surface area contributed by atoms with Crippen LogP contribution in [0.1, 0.15) is 33.3 Å². The van der Waals surface area contributed by atoms with Gasteiger partial charge in [0.05, 0.1) is 6.42 Å². The average Bonchev–Trinajstić information content (AvgIpc) is 2.26. The zero-order chi connectivity index (χ0) is 12.8. The molecule has 0 aliphatic carbocycles. The maximum absolute atomic E-state index is 11.8. The van der Waals surface area contributed by atoms with Crippen LogP contribution in [0.5, 0.6) is 0 Å². The van der Waals surface area contributed by atoms with Gasteiger partial charge in [0.2, 0.25) is 9.04 Å². The fraction of sp³-hybridized carbons (Fsp3) is 0.500. The second kappa shape index (κ2) is 6.60. The summed E-state index contributed by atoms with van der Waals surface area (Å²) in [5.74, 6) is -0.0738. The minimum Gasteiger partial charge on any atom is -0.521 e. The van der Waals surface area contributed by atoms with Crippen molar-refractivity contribution in [2.24, 2.45) is 0 Å². The SMILES string of the molecule is CC(C)[SiH](OC(=O)Cc1ccccc1)C(C)C. The summed E-state index contributed by atoms with van der Waals surface area (Å²) in [5.41, 5.74) is 2.02. The van der Waals surface area contributed by atoms with E-state index in [0.717, 1.165) is 5.56 Å². The lowest BCUT2D eigenvalue weighted by Crippen LogP contribution is -2.29. The fourth-order valence-electron chi connectivity index (χ4n) is 2.00. The molecular formula is C14H22O2Si. The van der Waals surface area contributed by atoms with Crippen LogP contribution in [0.4, 0.5) is 0 Å². The van der Waals surface area contributed by atoms with E-state index < -0.39 is 9.04 Å². The summed E-state index contributed by atoms with van der Waals surface area (Å²) < 4.78 is 5.68. The summed E-state index contributed by atoms with van der Waals surface area (Å²) in [6.07, 6.45) is 0.393. The molecule has 0 saturated carbocycles. The van der Waals surface area contributed by atoms with Crippen molar-refractivity contribution >= 4 is 15.0 Å². The Labute approximate surface area is 106 Å². The maximum atomic E-state index is 11.8. The minimum absolute atomic E-state index is 0.0738. The van der Waals surface area contributed by atoms with Gasteiger partial charge < -0.3 is 4.43 Å². The molecule has 0 bridgehead atoms. The van der Waals surface area contributed by atoms with Crippen molar-refractivity contribution in [1.82, 2.24) is 0 Å². The first-order chi connectivity index (χ1) is 8.00. The number of benzene rings is 1. The minimum atomic E-state index is -1.43. The number of hydrogen-bond acceptors (Lipinski definition) is 2. The van der Waals surface area contributed by atoms with Gasteiger partial charge >= 0.3 is 0 Å². The quantitative estimate of drug-likeness (QED) is 0.749. The smallest absolute Gasteiger partial charge is 0.296 e. The first kappa shape index (κ1) is 14.0. The van der Waals surface area contributed by atoms with E-state index in [1.54, 1.807) is 0 Å². The summed E-state index contributed by atoms with van der Waals surface area (Å²) in [6.45, 7) is 8.58. The lowest BCUT2D eigenvalue weighted by atomic mass is 10.2. The molecule has 0 atom stereocenters. The van der Waals surface area contributed by atoms with Gasteiger partial charge in [-0.15, -0.1) is 0 Å². The first-order valence-electron chi connectivity index (χ1n) is 6.24. The molecule has 2 nitrogen and oxygen atoms in total. The van der Waals surface area contributed by atoms with Crippen LogP contribution >= 0.6 is 0 Å². The van der Waals surface area contributed by atoms with Gasteiger partial charge in [-0.2, -0.15) is 0 Å². The Hall–Kier alpha value is -1.09. The number of carbonyl (C=O) groups is 1. The Morgan fingerprint density at radius 1 is 1.12 bits per heavy atom. The molecule has 0 aliphatic rings. The van der Waals surface area contributed by atoms with Gasteiger partial charge in [-0.3, -0.25) is 4.79 Å². The van der Waals surface area contributed by atoms with Crippen molar-refractivity contribution in [3.8, 4) is 0 Å². The molecule has 3 heteroatoms. The second-order valence-corrected chi connectivity index (χ2v) is 8.94. The van der Waals surface area contributed by atoms with Crippen molar-refractivity contribution in [2.75, 3.05) is 0 Å². The van der Waals surface area contributed by atoms with E-state index in [9.17, 15) is 4.79 Å². The average molecular weight is 250 g/mol. The zero-order valence-electron chi connectivity index (χ0n) is 11.1. The molecular weight excluding hydrogens is 228 g/mol. The van der Waals surface area contributed by atoms with E-state index in [1.807, 2.05) is 30.3 Å². The molecule has 0 radical (unpaired) electrons. The lowest BCUT2D eigenvalue weighted by molar-refractivity contribution is -0.134. The van der Waals surface area contributed by atoms with E-state index in [-0.39, 0.29) is 5.97 Å². The van der Waals surface area contributed by atoms with E-state index in [4.69, 9.17) is 4.43 Å². The summed E-state index contributed by atoms with van der Waals surface area (Å²) in [7, 11) is -1.43. The topological polar surface area (TPSA) is 26.3 Å². The van der Waals surface area contributed by atoms with E-state index in [1.165, 1.54) is 0 Å². The predicted octanol–water partition coefficient (Wildman–Crippen LogP) is 3.32. The standard InChI is InChI=1S/C14H22O2Si/c1-11(2)17(12(3)4)16-14(15)10-13-8-6-5-7-9-13/h5-9,11-12,17H,10H2,1-4H3. The third kappa shape index (κ3) is 4.73. The summed E-state index contributed by atoms with van der Waals surface area (Å²) in [5, 5.41) is 0. The van der Waals surface area contributed by atoms with Gasteiger partial charge in [0, 0.05) is 0 Å². The molecule has 0 amide bonds. The summed E-state index contributed by atoms with van der Waals surface area (Å²) in [6, 6.07) is 9.77.